The Morgan fingerprint density at radius 3 is 2.41 bits per heavy atom. The number of hydrogen-bond donors (Lipinski definition) is 0. The van der Waals surface area contributed by atoms with Crippen LogP contribution in [0.15, 0.2) is 52.3 Å². The number of rotatable bonds is 4. The first-order chi connectivity index (χ1) is 10.5. The zero-order chi connectivity index (χ0) is 15.7. The van der Waals surface area contributed by atoms with Crippen LogP contribution in [0.3, 0.4) is 0 Å². The van der Waals surface area contributed by atoms with Gasteiger partial charge in [-0.05, 0) is 54.4 Å². The van der Waals surface area contributed by atoms with Crippen molar-refractivity contribution >= 4 is 27.5 Å². The fourth-order valence-corrected chi connectivity index (χ4v) is 4.38. The first-order valence-electron chi connectivity index (χ1n) is 6.90. The summed E-state index contributed by atoms with van der Waals surface area (Å²) in [6.07, 6.45) is 2.02. The van der Waals surface area contributed by atoms with Crippen molar-refractivity contribution in [1.82, 2.24) is 0 Å². The molecular formula is C16H17NO3S2. The van der Waals surface area contributed by atoms with Crippen LogP contribution in [-0.2, 0) is 16.4 Å². The average Bonchev–Trinajstić information content (AvgIpc) is 2.91. The van der Waals surface area contributed by atoms with Crippen LogP contribution >= 0.6 is 11.8 Å². The quantitative estimate of drug-likeness (QED) is 0.861. The molecule has 2 aromatic rings. The van der Waals surface area contributed by atoms with Gasteiger partial charge in [0, 0.05) is 16.3 Å². The van der Waals surface area contributed by atoms with Crippen molar-refractivity contribution in [2.24, 2.45) is 0 Å². The number of benzene rings is 2. The van der Waals surface area contributed by atoms with Gasteiger partial charge in [-0.1, -0.05) is 11.8 Å². The Bertz CT molecular complexity index is 786. The topological polar surface area (TPSA) is 46.6 Å². The molecule has 2 aromatic carbocycles. The molecule has 0 saturated heterocycles. The molecule has 0 spiro atoms. The molecule has 0 saturated carbocycles. The number of fused-ring (bicyclic) bond motifs is 1. The highest BCUT2D eigenvalue weighted by Gasteiger charge is 2.26. The maximum Gasteiger partial charge on any atom is 0.232 e. The Labute approximate surface area is 135 Å². The lowest BCUT2D eigenvalue weighted by Gasteiger charge is -2.16. The van der Waals surface area contributed by atoms with E-state index in [9.17, 15) is 8.42 Å². The molecule has 0 amide bonds. The average molecular weight is 335 g/mol. The first-order valence-corrected chi connectivity index (χ1v) is 9.56. The first kappa shape index (κ1) is 15.2. The van der Waals surface area contributed by atoms with E-state index in [2.05, 4.69) is 6.07 Å². The summed E-state index contributed by atoms with van der Waals surface area (Å²) in [7, 11) is -1.53. The summed E-state index contributed by atoms with van der Waals surface area (Å²) in [6, 6.07) is 13.8. The van der Waals surface area contributed by atoms with Crippen molar-refractivity contribution < 1.29 is 13.2 Å². The number of anilines is 1. The third-order valence-electron chi connectivity index (χ3n) is 3.60. The van der Waals surface area contributed by atoms with E-state index in [1.54, 1.807) is 18.9 Å². The highest BCUT2D eigenvalue weighted by molar-refractivity contribution is 7.99. The van der Waals surface area contributed by atoms with Gasteiger partial charge in [-0.3, -0.25) is 4.31 Å². The van der Waals surface area contributed by atoms with Crippen LogP contribution in [-0.4, -0.2) is 28.3 Å². The molecule has 116 valence electrons. The second-order valence-electron chi connectivity index (χ2n) is 5.15. The maximum atomic E-state index is 11.7. The molecule has 0 bridgehead atoms. The van der Waals surface area contributed by atoms with E-state index in [0.717, 1.165) is 33.2 Å². The zero-order valence-corrected chi connectivity index (χ0v) is 14.1. The summed E-state index contributed by atoms with van der Waals surface area (Å²) in [6.45, 7) is 0.533. The number of methoxy groups -OCH3 is 1. The summed E-state index contributed by atoms with van der Waals surface area (Å²) in [4.78, 5) is 2.23. The second-order valence-corrected chi connectivity index (χ2v) is 8.21. The van der Waals surface area contributed by atoms with Crippen molar-refractivity contribution in [3.05, 3.63) is 48.0 Å². The summed E-state index contributed by atoms with van der Waals surface area (Å²) < 4.78 is 30.1. The number of nitrogens with zero attached hydrogens (tertiary/aromatic N) is 1. The van der Waals surface area contributed by atoms with E-state index in [-0.39, 0.29) is 0 Å². The van der Waals surface area contributed by atoms with Crippen molar-refractivity contribution in [2.45, 2.75) is 16.2 Å². The van der Waals surface area contributed by atoms with Gasteiger partial charge in [0.25, 0.3) is 0 Å². The van der Waals surface area contributed by atoms with E-state index in [4.69, 9.17) is 4.74 Å². The molecule has 22 heavy (non-hydrogen) atoms. The third kappa shape index (κ3) is 3.08. The summed E-state index contributed by atoms with van der Waals surface area (Å²) in [5.41, 5.74) is 1.89. The van der Waals surface area contributed by atoms with E-state index in [0.29, 0.717) is 6.54 Å². The predicted octanol–water partition coefficient (Wildman–Crippen LogP) is 3.17. The molecule has 0 fully saturated rings. The molecule has 1 aliphatic rings. The number of sulfonamides is 1. The van der Waals surface area contributed by atoms with E-state index < -0.39 is 10.0 Å². The lowest BCUT2D eigenvalue weighted by atomic mass is 10.2. The minimum Gasteiger partial charge on any atom is -0.497 e. The molecule has 0 N–H and O–H groups in total. The summed E-state index contributed by atoms with van der Waals surface area (Å²) in [5.74, 6) is 0.835. The smallest absolute Gasteiger partial charge is 0.232 e. The Morgan fingerprint density at radius 1 is 1.09 bits per heavy atom. The monoisotopic (exact) mass is 335 g/mol. The molecule has 0 unspecified atom stereocenters. The number of hydrogen-bond acceptors (Lipinski definition) is 4. The summed E-state index contributed by atoms with van der Waals surface area (Å²) >= 11 is 1.66. The van der Waals surface area contributed by atoms with Crippen molar-refractivity contribution in [3.63, 3.8) is 0 Å². The Kier molecular flexibility index (Phi) is 4.06. The van der Waals surface area contributed by atoms with Crippen molar-refractivity contribution in [2.75, 3.05) is 24.2 Å². The van der Waals surface area contributed by atoms with Gasteiger partial charge in [0.05, 0.1) is 19.1 Å². The molecule has 0 aliphatic carbocycles. The Balaban J connectivity index is 1.82. The molecule has 3 rings (SSSR count). The van der Waals surface area contributed by atoms with Crippen LogP contribution in [0.25, 0.3) is 0 Å². The van der Waals surface area contributed by atoms with Gasteiger partial charge in [0.15, 0.2) is 0 Å². The fourth-order valence-electron chi connectivity index (χ4n) is 2.54. The van der Waals surface area contributed by atoms with Gasteiger partial charge in [-0.15, -0.1) is 0 Å². The standard InChI is InChI=1S/C16H17NO3S2/c1-20-13-3-5-14(6-4-13)21-15-7-8-16-12(11-15)9-10-17(16)22(2,18)19/h3-8,11H,9-10H2,1-2H3. The summed E-state index contributed by atoms with van der Waals surface area (Å²) in [5, 5.41) is 0. The van der Waals surface area contributed by atoms with Gasteiger partial charge in [0.2, 0.25) is 10.0 Å². The number of ether oxygens (including phenoxy) is 1. The normalized spacial score (nSPS) is 14.0. The highest BCUT2D eigenvalue weighted by atomic mass is 32.2. The molecule has 4 nitrogen and oxygen atoms in total. The van der Waals surface area contributed by atoms with Gasteiger partial charge >= 0.3 is 0 Å². The van der Waals surface area contributed by atoms with Crippen molar-refractivity contribution in [1.29, 1.82) is 0 Å². The van der Waals surface area contributed by atoms with Crippen LogP contribution in [0.5, 0.6) is 5.75 Å². The molecule has 0 atom stereocenters. The lowest BCUT2D eigenvalue weighted by molar-refractivity contribution is 0.414. The van der Waals surface area contributed by atoms with Gasteiger partial charge in [0.1, 0.15) is 5.75 Å². The third-order valence-corrected chi connectivity index (χ3v) is 5.78. The predicted molar refractivity (Wildman–Crippen MR) is 89.5 cm³/mol. The Morgan fingerprint density at radius 2 is 1.77 bits per heavy atom. The van der Waals surface area contributed by atoms with Crippen LogP contribution in [0, 0.1) is 0 Å². The van der Waals surface area contributed by atoms with Gasteiger partial charge < -0.3 is 4.74 Å². The van der Waals surface area contributed by atoms with E-state index >= 15 is 0 Å². The molecule has 1 heterocycles. The van der Waals surface area contributed by atoms with Gasteiger partial charge in [-0.25, -0.2) is 8.42 Å². The maximum absolute atomic E-state index is 11.7. The van der Waals surface area contributed by atoms with Crippen molar-refractivity contribution in [3.8, 4) is 5.75 Å². The van der Waals surface area contributed by atoms with Crippen LogP contribution in [0.4, 0.5) is 5.69 Å². The Hall–Kier alpha value is -1.66. The minimum absolute atomic E-state index is 0.533. The molecule has 0 radical (unpaired) electrons. The van der Waals surface area contributed by atoms with Gasteiger partial charge in [-0.2, -0.15) is 0 Å². The fraction of sp³-hybridized carbons (Fsp3) is 0.250. The minimum atomic E-state index is -3.18. The zero-order valence-electron chi connectivity index (χ0n) is 12.4. The lowest BCUT2D eigenvalue weighted by Crippen LogP contribution is -2.27. The largest absolute Gasteiger partial charge is 0.497 e. The molecule has 6 heteroatoms. The van der Waals surface area contributed by atoms with Crippen LogP contribution in [0.2, 0.25) is 0 Å². The van der Waals surface area contributed by atoms with Crippen LogP contribution < -0.4 is 9.04 Å². The molecule has 0 aromatic heterocycles. The molecular weight excluding hydrogens is 318 g/mol. The second kappa shape index (κ2) is 5.85. The van der Waals surface area contributed by atoms with E-state index in [1.807, 2.05) is 36.4 Å². The SMILES string of the molecule is COc1ccc(Sc2ccc3c(c2)CCN3S(C)(=O)=O)cc1. The highest BCUT2D eigenvalue weighted by Crippen LogP contribution is 2.36. The van der Waals surface area contributed by atoms with E-state index in [1.165, 1.54) is 10.6 Å². The molecule has 1 aliphatic heterocycles. The van der Waals surface area contributed by atoms with Crippen LogP contribution in [0.1, 0.15) is 5.56 Å².